The number of benzene rings is 1. The van der Waals surface area contributed by atoms with Crippen LogP contribution in [0.5, 0.6) is 17.2 Å². The Bertz CT molecular complexity index is 922. The van der Waals surface area contributed by atoms with E-state index < -0.39 is 42.9 Å². The van der Waals surface area contributed by atoms with Gasteiger partial charge in [0.25, 0.3) is 0 Å². The molecule has 1 fully saturated rings. The number of methoxy groups -OCH3 is 1. The van der Waals surface area contributed by atoms with Crippen LogP contribution in [0.1, 0.15) is 5.56 Å². The molecule has 2 aromatic rings. The first-order chi connectivity index (χ1) is 13.7. The number of aliphatic hydroxyl groups is 4. The number of aromatic hydroxyl groups is 1. The molecule has 0 amide bonds. The third kappa shape index (κ3) is 4.21. The molecule has 29 heavy (non-hydrogen) atoms. The molecule has 0 saturated carbocycles. The maximum Gasteiger partial charge on any atom is 0.339 e. The lowest BCUT2D eigenvalue weighted by Gasteiger charge is -2.39. The van der Waals surface area contributed by atoms with Crippen LogP contribution in [0.2, 0.25) is 0 Å². The summed E-state index contributed by atoms with van der Waals surface area (Å²) >= 11 is 0. The molecule has 10 heteroatoms. The first-order valence-corrected chi connectivity index (χ1v) is 8.75. The van der Waals surface area contributed by atoms with Gasteiger partial charge in [-0.15, -0.1) is 0 Å². The number of phenols is 1. The van der Waals surface area contributed by atoms with Crippen LogP contribution in [-0.2, 0) is 4.74 Å². The fourth-order valence-corrected chi connectivity index (χ4v) is 3.13. The molecule has 1 aromatic heterocycles. The summed E-state index contributed by atoms with van der Waals surface area (Å²) in [6.07, 6.45) is -7.49. The Morgan fingerprint density at radius 2 is 1.79 bits per heavy atom. The van der Waals surface area contributed by atoms with Crippen LogP contribution in [0.4, 0.5) is 0 Å². The van der Waals surface area contributed by atoms with Crippen LogP contribution < -0.4 is 15.1 Å². The van der Waals surface area contributed by atoms with E-state index in [1.807, 2.05) is 0 Å². The fourth-order valence-electron chi connectivity index (χ4n) is 3.13. The average Bonchev–Trinajstić information content (AvgIpc) is 2.67. The van der Waals surface area contributed by atoms with Gasteiger partial charge in [0.15, 0.2) is 0 Å². The van der Waals surface area contributed by atoms with Crippen molar-refractivity contribution in [3.63, 3.8) is 0 Å². The van der Waals surface area contributed by atoms with Crippen molar-refractivity contribution in [2.24, 2.45) is 0 Å². The van der Waals surface area contributed by atoms with Crippen LogP contribution in [-0.4, -0.2) is 70.0 Å². The highest BCUT2D eigenvalue weighted by Crippen LogP contribution is 2.38. The van der Waals surface area contributed by atoms with E-state index in [1.165, 1.54) is 25.3 Å². The van der Waals surface area contributed by atoms with Crippen molar-refractivity contribution in [3.05, 3.63) is 40.2 Å². The van der Waals surface area contributed by atoms with Crippen LogP contribution in [0, 0.1) is 6.92 Å². The number of aryl methyl sites for hydroxylation is 1. The summed E-state index contributed by atoms with van der Waals surface area (Å²) in [5, 5.41) is 49.4. The Kier molecular flexibility index (Phi) is 6.10. The Hall–Kier alpha value is -2.63. The molecule has 1 aliphatic heterocycles. The second-order valence-corrected chi connectivity index (χ2v) is 6.63. The van der Waals surface area contributed by atoms with Crippen molar-refractivity contribution in [2.75, 3.05) is 13.7 Å². The lowest BCUT2D eigenvalue weighted by Crippen LogP contribution is -2.60. The maximum absolute atomic E-state index is 11.8. The highest BCUT2D eigenvalue weighted by Gasteiger charge is 2.45. The molecule has 1 aliphatic rings. The van der Waals surface area contributed by atoms with Gasteiger partial charge in [0.2, 0.25) is 6.29 Å². The minimum Gasteiger partial charge on any atom is -0.508 e. The third-order valence-electron chi connectivity index (χ3n) is 4.60. The third-order valence-corrected chi connectivity index (χ3v) is 4.60. The molecule has 1 unspecified atom stereocenters. The van der Waals surface area contributed by atoms with E-state index in [4.69, 9.17) is 18.6 Å². The van der Waals surface area contributed by atoms with Crippen LogP contribution >= 0.6 is 0 Å². The largest absolute Gasteiger partial charge is 0.508 e. The Morgan fingerprint density at radius 1 is 1.07 bits per heavy atom. The van der Waals surface area contributed by atoms with Gasteiger partial charge in [-0.25, -0.2) is 4.79 Å². The minimum absolute atomic E-state index is 0.0248. The summed E-state index contributed by atoms with van der Waals surface area (Å²) in [5.74, 6) is 0.119. The first kappa shape index (κ1) is 21.1. The predicted octanol–water partition coefficient (Wildman–Crippen LogP) is -0.492. The molecule has 0 radical (unpaired) electrons. The zero-order chi connectivity index (χ0) is 21.3. The van der Waals surface area contributed by atoms with Crippen LogP contribution in [0.15, 0.2) is 33.5 Å². The van der Waals surface area contributed by atoms with Gasteiger partial charge in [-0.05, 0) is 18.6 Å². The van der Waals surface area contributed by atoms with Crippen molar-refractivity contribution in [1.82, 2.24) is 0 Å². The monoisotopic (exact) mass is 410 g/mol. The van der Waals surface area contributed by atoms with Gasteiger partial charge in [0.05, 0.1) is 25.3 Å². The summed E-state index contributed by atoms with van der Waals surface area (Å²) in [7, 11) is 1.38. The van der Waals surface area contributed by atoms with E-state index >= 15 is 0 Å². The van der Waals surface area contributed by atoms with Gasteiger partial charge in [-0.3, -0.25) is 0 Å². The average molecular weight is 410 g/mol. The maximum atomic E-state index is 11.8. The predicted molar refractivity (Wildman–Crippen MR) is 97.8 cm³/mol. The van der Waals surface area contributed by atoms with Gasteiger partial charge in [0, 0.05) is 12.1 Å². The summed E-state index contributed by atoms with van der Waals surface area (Å²) in [6, 6.07) is 5.22. The summed E-state index contributed by atoms with van der Waals surface area (Å²) in [6.45, 7) is 1.01. The topological polar surface area (TPSA) is 159 Å². The van der Waals surface area contributed by atoms with E-state index in [0.29, 0.717) is 5.56 Å². The zero-order valence-corrected chi connectivity index (χ0v) is 15.7. The highest BCUT2D eigenvalue weighted by atomic mass is 16.7. The van der Waals surface area contributed by atoms with E-state index in [2.05, 4.69) is 0 Å². The van der Waals surface area contributed by atoms with E-state index in [9.17, 15) is 30.3 Å². The van der Waals surface area contributed by atoms with Gasteiger partial charge < -0.3 is 44.2 Å². The number of aliphatic hydroxyl groups excluding tert-OH is 4. The van der Waals surface area contributed by atoms with Crippen molar-refractivity contribution in [3.8, 4) is 28.6 Å². The molecule has 10 nitrogen and oxygen atoms in total. The summed E-state index contributed by atoms with van der Waals surface area (Å²) < 4.78 is 21.3. The minimum atomic E-state index is -1.65. The second-order valence-electron chi connectivity index (χ2n) is 6.63. The van der Waals surface area contributed by atoms with Crippen molar-refractivity contribution in [1.29, 1.82) is 0 Å². The number of hydrogen-bond acceptors (Lipinski definition) is 10. The van der Waals surface area contributed by atoms with Crippen LogP contribution in [0.3, 0.4) is 0 Å². The van der Waals surface area contributed by atoms with Crippen LogP contribution in [0.25, 0.3) is 11.3 Å². The van der Waals surface area contributed by atoms with E-state index in [1.54, 1.807) is 6.92 Å². The molecule has 5 N–H and O–H groups in total. The second kappa shape index (κ2) is 8.39. The number of rotatable bonds is 5. The Balaban J connectivity index is 2.04. The normalized spacial score (nSPS) is 26.9. The SMILES string of the molecule is COc1cc(-c2c(C)cc(O)cc2OC2O[C@H](CO)[C@@H](O)[C@H](O)[C@H]2O)oc(=O)c1. The molecule has 0 aliphatic carbocycles. The fraction of sp³-hybridized carbons (Fsp3) is 0.421. The number of phenolic OH excluding ortho intramolecular Hbond substituents is 1. The van der Waals surface area contributed by atoms with Crippen molar-refractivity contribution >= 4 is 0 Å². The molecule has 0 bridgehead atoms. The zero-order valence-electron chi connectivity index (χ0n) is 15.7. The molecule has 1 saturated heterocycles. The van der Waals surface area contributed by atoms with Gasteiger partial charge in [-0.2, -0.15) is 0 Å². The van der Waals surface area contributed by atoms with Crippen molar-refractivity contribution in [2.45, 2.75) is 37.6 Å². The van der Waals surface area contributed by atoms with Gasteiger partial charge in [0.1, 0.15) is 47.4 Å². The molecule has 158 valence electrons. The van der Waals surface area contributed by atoms with E-state index in [-0.39, 0.29) is 28.6 Å². The van der Waals surface area contributed by atoms with Gasteiger partial charge >= 0.3 is 5.63 Å². The molecule has 2 heterocycles. The lowest BCUT2D eigenvalue weighted by atomic mass is 9.99. The Morgan fingerprint density at radius 3 is 2.45 bits per heavy atom. The molecule has 3 rings (SSSR count). The van der Waals surface area contributed by atoms with Gasteiger partial charge in [-0.1, -0.05) is 0 Å². The summed E-state index contributed by atoms with van der Waals surface area (Å²) in [4.78, 5) is 11.8. The smallest absolute Gasteiger partial charge is 0.339 e. The molecule has 0 spiro atoms. The lowest BCUT2D eigenvalue weighted by molar-refractivity contribution is -0.277. The van der Waals surface area contributed by atoms with E-state index in [0.717, 1.165) is 6.07 Å². The summed E-state index contributed by atoms with van der Waals surface area (Å²) in [5.41, 5.74) is 0.0716. The highest BCUT2D eigenvalue weighted by molar-refractivity contribution is 5.72. The first-order valence-electron chi connectivity index (χ1n) is 8.75. The molecule has 1 aromatic carbocycles. The Labute approximate surface area is 165 Å². The molecular weight excluding hydrogens is 388 g/mol. The number of ether oxygens (including phenoxy) is 3. The standard InChI is InChI=1S/C19H22O10/c1-8-3-9(21)4-11(15(8)12-5-10(26-2)6-14(22)27-12)28-19-18(25)17(24)16(23)13(7-20)29-19/h3-6,13,16-21,23-25H,7H2,1-2H3/t13-,16-,17+,18-,19?/m1/s1. The quantitative estimate of drug-likeness (QED) is 0.435. The number of hydrogen-bond donors (Lipinski definition) is 5. The molecule has 5 atom stereocenters. The molecular formula is C19H22O10. The van der Waals surface area contributed by atoms with Crippen molar-refractivity contribution < 1.29 is 44.2 Å².